The van der Waals surface area contributed by atoms with E-state index in [4.69, 9.17) is 11.1 Å². The lowest BCUT2D eigenvalue weighted by molar-refractivity contribution is 0.0441. The van der Waals surface area contributed by atoms with Crippen LogP contribution in [0.2, 0.25) is 0 Å². The molecule has 0 heterocycles. The Morgan fingerprint density at radius 1 is 1.24 bits per heavy atom. The van der Waals surface area contributed by atoms with Gasteiger partial charge in [-0.1, -0.05) is 20.3 Å². The van der Waals surface area contributed by atoms with E-state index in [1.165, 1.54) is 0 Å². The van der Waals surface area contributed by atoms with Gasteiger partial charge in [0.1, 0.15) is 0 Å². The molecule has 0 atom stereocenters. The van der Waals surface area contributed by atoms with Crippen LogP contribution in [0.4, 0.5) is 0 Å². The summed E-state index contributed by atoms with van der Waals surface area (Å²) in [5, 5.41) is 17.1. The Morgan fingerprint density at radius 3 is 2.18 bits per heavy atom. The maximum Gasteiger partial charge on any atom is 0.0963 e. The van der Waals surface area contributed by atoms with Crippen molar-refractivity contribution in [2.75, 3.05) is 20.1 Å². The largest absolute Gasteiger partial charge is 0.389 e. The zero-order valence-electron chi connectivity index (χ0n) is 12.0. The highest BCUT2D eigenvalue weighted by Crippen LogP contribution is 2.22. The van der Waals surface area contributed by atoms with Crippen LogP contribution in [0, 0.1) is 10.8 Å². The van der Waals surface area contributed by atoms with Gasteiger partial charge in [-0.05, 0) is 40.3 Å². The Hall–Kier alpha value is -0.610. The van der Waals surface area contributed by atoms with Gasteiger partial charge in [0.2, 0.25) is 0 Å². The van der Waals surface area contributed by atoms with Crippen molar-refractivity contribution < 1.29 is 5.11 Å². The molecule has 4 N–H and O–H groups in total. The van der Waals surface area contributed by atoms with Gasteiger partial charge in [0.25, 0.3) is 0 Å². The third-order valence-corrected chi connectivity index (χ3v) is 2.98. The van der Waals surface area contributed by atoms with Crippen molar-refractivity contribution in [3.8, 4) is 0 Å². The Morgan fingerprint density at radius 2 is 1.76 bits per heavy atom. The highest BCUT2D eigenvalue weighted by Gasteiger charge is 2.21. The predicted octanol–water partition coefficient (Wildman–Crippen LogP) is 1.82. The van der Waals surface area contributed by atoms with Crippen LogP contribution in [0.3, 0.4) is 0 Å². The minimum atomic E-state index is -0.632. The summed E-state index contributed by atoms with van der Waals surface area (Å²) in [6.45, 7) is 9.32. The summed E-state index contributed by atoms with van der Waals surface area (Å²) in [5.74, 6) is 0.266. The molecule has 0 aliphatic rings. The lowest BCUT2D eigenvalue weighted by Crippen LogP contribution is -2.36. The number of nitrogens with one attached hydrogen (secondary N) is 1. The lowest BCUT2D eigenvalue weighted by atomic mass is 9.86. The summed E-state index contributed by atoms with van der Waals surface area (Å²) in [6.07, 6.45) is 3.07. The summed E-state index contributed by atoms with van der Waals surface area (Å²) >= 11 is 0. The Balaban J connectivity index is 3.75. The molecule has 0 rings (SSSR count). The number of nitrogens with zero attached hydrogens (tertiary/aromatic N) is 1. The van der Waals surface area contributed by atoms with Crippen molar-refractivity contribution in [3.63, 3.8) is 0 Å². The highest BCUT2D eigenvalue weighted by atomic mass is 16.3. The SMILES string of the molecule is CN(CCCCC(C)(C)C(=N)N)CC(C)(C)O. The number of rotatable bonds is 8. The zero-order valence-corrected chi connectivity index (χ0v) is 12.0. The van der Waals surface area contributed by atoms with E-state index < -0.39 is 5.60 Å². The first-order valence-electron chi connectivity index (χ1n) is 6.30. The molecule has 4 nitrogen and oxygen atoms in total. The van der Waals surface area contributed by atoms with Crippen molar-refractivity contribution in [1.82, 2.24) is 4.90 Å². The van der Waals surface area contributed by atoms with E-state index in [2.05, 4.69) is 4.90 Å². The molecule has 0 amide bonds. The van der Waals surface area contributed by atoms with Gasteiger partial charge in [0, 0.05) is 12.0 Å². The van der Waals surface area contributed by atoms with Gasteiger partial charge in [-0.3, -0.25) is 5.41 Å². The van der Waals surface area contributed by atoms with Crippen molar-refractivity contribution in [2.45, 2.75) is 52.6 Å². The highest BCUT2D eigenvalue weighted by molar-refractivity contribution is 5.82. The molecule has 0 aliphatic carbocycles. The zero-order chi connectivity index (χ0) is 13.7. The molecule has 0 bridgehead atoms. The summed E-state index contributed by atoms with van der Waals surface area (Å²) in [6, 6.07) is 0. The number of hydrogen-bond acceptors (Lipinski definition) is 3. The van der Waals surface area contributed by atoms with Crippen LogP contribution in [0.25, 0.3) is 0 Å². The Kier molecular flexibility index (Phi) is 6.13. The van der Waals surface area contributed by atoms with E-state index >= 15 is 0 Å². The minimum absolute atomic E-state index is 0.186. The first kappa shape index (κ1) is 16.4. The molecule has 0 radical (unpaired) electrons. The van der Waals surface area contributed by atoms with Gasteiger partial charge in [-0.25, -0.2) is 0 Å². The number of likely N-dealkylation sites (N-methyl/N-ethyl adjacent to an activating group) is 1. The molecule has 0 aromatic carbocycles. The number of aliphatic hydroxyl groups is 1. The fourth-order valence-corrected chi connectivity index (χ4v) is 1.82. The minimum Gasteiger partial charge on any atom is -0.389 e. The second-order valence-corrected chi connectivity index (χ2v) is 6.30. The van der Waals surface area contributed by atoms with Crippen LogP contribution in [0.5, 0.6) is 0 Å². The van der Waals surface area contributed by atoms with Gasteiger partial charge in [-0.2, -0.15) is 0 Å². The number of hydrogen-bond donors (Lipinski definition) is 3. The lowest BCUT2D eigenvalue weighted by Gasteiger charge is -2.26. The Labute approximate surface area is 106 Å². The molecule has 0 spiro atoms. The molecule has 0 unspecified atom stereocenters. The predicted molar refractivity (Wildman–Crippen MR) is 73.3 cm³/mol. The van der Waals surface area contributed by atoms with Crippen molar-refractivity contribution in [2.24, 2.45) is 11.1 Å². The van der Waals surface area contributed by atoms with Crippen molar-refractivity contribution >= 4 is 5.84 Å². The second kappa shape index (κ2) is 6.36. The third-order valence-electron chi connectivity index (χ3n) is 2.98. The van der Waals surface area contributed by atoms with Crippen LogP contribution >= 0.6 is 0 Å². The fourth-order valence-electron chi connectivity index (χ4n) is 1.82. The first-order chi connectivity index (χ1) is 7.54. The first-order valence-corrected chi connectivity index (χ1v) is 6.30. The molecule has 0 saturated carbocycles. The normalized spacial score (nSPS) is 13.1. The molecule has 0 aromatic rings. The Bertz CT molecular complexity index is 244. The summed E-state index contributed by atoms with van der Waals surface area (Å²) in [4.78, 5) is 2.14. The maximum absolute atomic E-state index is 9.66. The monoisotopic (exact) mass is 243 g/mol. The molecular weight excluding hydrogens is 214 g/mol. The summed E-state index contributed by atoms with van der Waals surface area (Å²) < 4.78 is 0. The summed E-state index contributed by atoms with van der Waals surface area (Å²) in [5.41, 5.74) is 4.72. The number of amidine groups is 1. The van der Waals surface area contributed by atoms with E-state index in [9.17, 15) is 5.11 Å². The molecule has 0 saturated heterocycles. The van der Waals surface area contributed by atoms with E-state index in [0.717, 1.165) is 25.8 Å². The second-order valence-electron chi connectivity index (χ2n) is 6.30. The van der Waals surface area contributed by atoms with Gasteiger partial charge in [-0.15, -0.1) is 0 Å². The average Bonchev–Trinajstić information content (AvgIpc) is 2.09. The summed E-state index contributed by atoms with van der Waals surface area (Å²) in [7, 11) is 2.02. The van der Waals surface area contributed by atoms with Crippen molar-refractivity contribution in [1.29, 1.82) is 5.41 Å². The fraction of sp³-hybridized carbons (Fsp3) is 0.923. The number of unbranched alkanes of at least 4 members (excludes halogenated alkanes) is 1. The van der Waals surface area contributed by atoms with Gasteiger partial charge in [0.05, 0.1) is 11.4 Å². The quantitative estimate of drug-likeness (QED) is 0.346. The van der Waals surface area contributed by atoms with E-state index in [-0.39, 0.29) is 11.3 Å². The molecule has 102 valence electrons. The van der Waals surface area contributed by atoms with Crippen molar-refractivity contribution in [3.05, 3.63) is 0 Å². The van der Waals surface area contributed by atoms with E-state index in [1.54, 1.807) is 0 Å². The smallest absolute Gasteiger partial charge is 0.0963 e. The van der Waals surface area contributed by atoms with Gasteiger partial charge >= 0.3 is 0 Å². The van der Waals surface area contributed by atoms with Crippen LogP contribution < -0.4 is 5.73 Å². The standard InChI is InChI=1S/C13H29N3O/c1-12(2,11(14)15)8-6-7-9-16(5)10-13(3,4)17/h17H,6-10H2,1-5H3,(H3,14,15). The molecule has 4 heteroatoms. The molecule has 0 aromatic heterocycles. The van der Waals surface area contributed by atoms with Crippen LogP contribution in [-0.2, 0) is 0 Å². The number of nitrogens with two attached hydrogens (primary N) is 1. The molecule has 17 heavy (non-hydrogen) atoms. The van der Waals surface area contributed by atoms with Gasteiger partial charge < -0.3 is 15.7 Å². The average molecular weight is 243 g/mol. The van der Waals surface area contributed by atoms with Crippen LogP contribution in [0.1, 0.15) is 47.0 Å². The maximum atomic E-state index is 9.66. The topological polar surface area (TPSA) is 73.3 Å². The molecule has 0 fully saturated rings. The molecular formula is C13H29N3O. The molecule has 0 aliphatic heterocycles. The third kappa shape index (κ3) is 8.16. The van der Waals surface area contributed by atoms with E-state index in [0.29, 0.717) is 6.54 Å². The van der Waals surface area contributed by atoms with Crippen LogP contribution in [-0.4, -0.2) is 41.6 Å². The van der Waals surface area contributed by atoms with Gasteiger partial charge in [0.15, 0.2) is 0 Å². The van der Waals surface area contributed by atoms with E-state index in [1.807, 2.05) is 34.7 Å². The van der Waals surface area contributed by atoms with Crippen LogP contribution in [0.15, 0.2) is 0 Å².